The van der Waals surface area contributed by atoms with Crippen molar-refractivity contribution in [1.29, 1.82) is 0 Å². The number of benzene rings is 1. The van der Waals surface area contributed by atoms with E-state index in [1.165, 1.54) is 0 Å². The summed E-state index contributed by atoms with van der Waals surface area (Å²) in [6.45, 7) is 8.72. The maximum atomic E-state index is 9.83. The van der Waals surface area contributed by atoms with Crippen molar-refractivity contribution in [3.63, 3.8) is 0 Å². The molecule has 130 valence electrons. The molecule has 2 rings (SSSR count). The second-order valence-corrected chi connectivity index (χ2v) is 6.08. The topological polar surface area (TPSA) is 62.8 Å². The molecule has 0 saturated carbocycles. The van der Waals surface area contributed by atoms with Gasteiger partial charge in [0.1, 0.15) is 11.5 Å². The molecule has 1 fully saturated rings. The summed E-state index contributed by atoms with van der Waals surface area (Å²) < 4.78 is 11.6. The molecule has 1 aliphatic rings. The first-order valence-electron chi connectivity index (χ1n) is 8.72. The molecule has 1 aromatic carbocycles. The molecule has 2 atom stereocenters. The fourth-order valence-electron chi connectivity index (χ4n) is 2.66. The highest BCUT2D eigenvalue weighted by Gasteiger charge is 2.24. The highest BCUT2D eigenvalue weighted by molar-refractivity contribution is 5.40. The zero-order valence-corrected chi connectivity index (χ0v) is 14.3. The number of ether oxygens (including phenoxy) is 2. The van der Waals surface area contributed by atoms with Crippen LogP contribution in [0.4, 0.5) is 0 Å². The summed E-state index contributed by atoms with van der Waals surface area (Å²) in [5.41, 5.74) is 1.13. The Labute approximate surface area is 139 Å². The lowest BCUT2D eigenvalue weighted by Crippen LogP contribution is -2.30. The third-order valence-corrected chi connectivity index (χ3v) is 4.00. The molecule has 2 unspecified atom stereocenters. The average Bonchev–Trinajstić information content (AvgIpc) is 2.97. The summed E-state index contributed by atoms with van der Waals surface area (Å²) in [5, 5.41) is 16.5. The van der Waals surface area contributed by atoms with Crippen LogP contribution < -0.4 is 20.1 Å². The van der Waals surface area contributed by atoms with E-state index < -0.39 is 0 Å². The van der Waals surface area contributed by atoms with Crippen LogP contribution in [0.5, 0.6) is 11.5 Å². The van der Waals surface area contributed by atoms with Crippen LogP contribution >= 0.6 is 0 Å². The minimum Gasteiger partial charge on any atom is -0.493 e. The molecule has 5 nitrogen and oxygen atoms in total. The first-order chi connectivity index (χ1) is 11.2. The summed E-state index contributed by atoms with van der Waals surface area (Å²) >= 11 is 0. The van der Waals surface area contributed by atoms with Gasteiger partial charge >= 0.3 is 0 Å². The third kappa shape index (κ3) is 5.68. The van der Waals surface area contributed by atoms with Crippen molar-refractivity contribution in [2.24, 2.45) is 5.92 Å². The number of β-amino-alcohol motifs (C(OH)–C–C–N with tert-alkyl or cyclic N) is 1. The minimum absolute atomic E-state index is 0.247. The van der Waals surface area contributed by atoms with Crippen LogP contribution in [0, 0.1) is 5.92 Å². The van der Waals surface area contributed by atoms with E-state index in [1.54, 1.807) is 0 Å². The fourth-order valence-corrected chi connectivity index (χ4v) is 2.66. The fraction of sp³-hybridized carbons (Fsp3) is 0.667. The Morgan fingerprint density at radius 1 is 1.17 bits per heavy atom. The predicted octanol–water partition coefficient (Wildman–Crippen LogP) is 1.93. The van der Waals surface area contributed by atoms with E-state index >= 15 is 0 Å². The number of hydrogen-bond donors (Lipinski definition) is 3. The average molecular weight is 322 g/mol. The minimum atomic E-state index is -0.247. The molecule has 0 aromatic heterocycles. The Bertz CT molecular complexity index is 468. The Kier molecular flexibility index (Phi) is 7.65. The zero-order valence-electron chi connectivity index (χ0n) is 14.3. The van der Waals surface area contributed by atoms with Gasteiger partial charge in [-0.25, -0.2) is 0 Å². The molecule has 5 heteroatoms. The standard InChI is InChI=1S/C18H30N2O3/c1-3-7-22-16-6-5-14(18(9-16)23-8-4-2)10-19-11-15-12-20-13-17(15)21/h5-6,9,15,17,19-21H,3-4,7-8,10-13H2,1-2H3. The SMILES string of the molecule is CCCOc1ccc(CNCC2CNCC2O)c(OCCC)c1. The Hall–Kier alpha value is -1.30. The summed E-state index contributed by atoms with van der Waals surface area (Å²) in [4.78, 5) is 0. The van der Waals surface area contributed by atoms with Crippen LogP contribution in [0.15, 0.2) is 18.2 Å². The molecule has 0 bridgehead atoms. The summed E-state index contributed by atoms with van der Waals surface area (Å²) in [7, 11) is 0. The number of aliphatic hydroxyl groups excluding tert-OH is 1. The number of hydrogen-bond acceptors (Lipinski definition) is 5. The van der Waals surface area contributed by atoms with Gasteiger partial charge in [0.15, 0.2) is 0 Å². The molecule has 23 heavy (non-hydrogen) atoms. The Morgan fingerprint density at radius 2 is 1.96 bits per heavy atom. The number of rotatable bonds is 10. The van der Waals surface area contributed by atoms with Gasteiger partial charge in [-0.3, -0.25) is 0 Å². The van der Waals surface area contributed by atoms with E-state index in [1.807, 2.05) is 12.1 Å². The third-order valence-electron chi connectivity index (χ3n) is 4.00. The lowest BCUT2D eigenvalue weighted by molar-refractivity contribution is 0.146. The van der Waals surface area contributed by atoms with Gasteiger partial charge in [0.2, 0.25) is 0 Å². The molecular formula is C18H30N2O3. The van der Waals surface area contributed by atoms with Crippen molar-refractivity contribution >= 4 is 0 Å². The van der Waals surface area contributed by atoms with Crippen molar-refractivity contribution in [1.82, 2.24) is 10.6 Å². The van der Waals surface area contributed by atoms with Crippen LogP contribution in [-0.4, -0.2) is 44.1 Å². The highest BCUT2D eigenvalue weighted by atomic mass is 16.5. The largest absolute Gasteiger partial charge is 0.493 e. The first-order valence-corrected chi connectivity index (χ1v) is 8.72. The summed E-state index contributed by atoms with van der Waals surface area (Å²) in [6.07, 6.45) is 1.72. The van der Waals surface area contributed by atoms with Gasteiger partial charge in [-0.05, 0) is 18.9 Å². The van der Waals surface area contributed by atoms with Crippen molar-refractivity contribution < 1.29 is 14.6 Å². The van der Waals surface area contributed by atoms with Crippen molar-refractivity contribution in [3.8, 4) is 11.5 Å². The molecule has 1 aromatic rings. The van der Waals surface area contributed by atoms with E-state index in [2.05, 4.69) is 30.5 Å². The molecular weight excluding hydrogens is 292 g/mol. The normalized spacial score (nSPS) is 20.7. The van der Waals surface area contributed by atoms with Crippen LogP contribution in [0.1, 0.15) is 32.3 Å². The van der Waals surface area contributed by atoms with E-state index in [0.29, 0.717) is 13.2 Å². The molecule has 0 spiro atoms. The van der Waals surface area contributed by atoms with Crippen LogP contribution in [-0.2, 0) is 6.54 Å². The quantitative estimate of drug-likeness (QED) is 0.614. The van der Waals surface area contributed by atoms with Gasteiger partial charge in [-0.2, -0.15) is 0 Å². The van der Waals surface area contributed by atoms with E-state index in [9.17, 15) is 5.11 Å². The number of aliphatic hydroxyl groups is 1. The monoisotopic (exact) mass is 322 g/mol. The highest BCUT2D eigenvalue weighted by Crippen LogP contribution is 2.25. The second kappa shape index (κ2) is 9.75. The predicted molar refractivity (Wildman–Crippen MR) is 92.1 cm³/mol. The van der Waals surface area contributed by atoms with Gasteiger partial charge in [0.05, 0.1) is 19.3 Å². The van der Waals surface area contributed by atoms with Gasteiger partial charge in [-0.1, -0.05) is 19.9 Å². The lowest BCUT2D eigenvalue weighted by atomic mass is 10.1. The smallest absolute Gasteiger partial charge is 0.127 e. The van der Waals surface area contributed by atoms with Crippen LogP contribution in [0.3, 0.4) is 0 Å². The van der Waals surface area contributed by atoms with Crippen LogP contribution in [0.25, 0.3) is 0 Å². The lowest BCUT2D eigenvalue weighted by Gasteiger charge is -2.17. The molecule has 1 aliphatic heterocycles. The first kappa shape index (κ1) is 18.0. The maximum absolute atomic E-state index is 9.83. The molecule has 0 radical (unpaired) electrons. The van der Waals surface area contributed by atoms with Gasteiger partial charge in [-0.15, -0.1) is 0 Å². The molecule has 1 heterocycles. The zero-order chi connectivity index (χ0) is 16.5. The van der Waals surface area contributed by atoms with E-state index in [0.717, 1.165) is 56.1 Å². The summed E-state index contributed by atoms with van der Waals surface area (Å²) in [5.74, 6) is 2.03. The Balaban J connectivity index is 1.92. The van der Waals surface area contributed by atoms with Crippen molar-refractivity contribution in [2.45, 2.75) is 39.3 Å². The van der Waals surface area contributed by atoms with Gasteiger partial charge in [0.25, 0.3) is 0 Å². The van der Waals surface area contributed by atoms with E-state index in [-0.39, 0.29) is 12.0 Å². The second-order valence-electron chi connectivity index (χ2n) is 6.08. The van der Waals surface area contributed by atoms with Crippen molar-refractivity contribution in [3.05, 3.63) is 23.8 Å². The van der Waals surface area contributed by atoms with Gasteiger partial charge in [0, 0.05) is 43.7 Å². The molecule has 0 amide bonds. The van der Waals surface area contributed by atoms with Gasteiger partial charge < -0.3 is 25.2 Å². The molecule has 0 aliphatic carbocycles. The summed E-state index contributed by atoms with van der Waals surface area (Å²) in [6, 6.07) is 6.04. The molecule has 1 saturated heterocycles. The maximum Gasteiger partial charge on any atom is 0.127 e. The van der Waals surface area contributed by atoms with Crippen molar-refractivity contribution in [2.75, 3.05) is 32.8 Å². The Morgan fingerprint density at radius 3 is 2.65 bits per heavy atom. The molecule has 3 N–H and O–H groups in total. The van der Waals surface area contributed by atoms with Crippen LogP contribution in [0.2, 0.25) is 0 Å². The van der Waals surface area contributed by atoms with E-state index in [4.69, 9.17) is 9.47 Å². The number of nitrogens with one attached hydrogen (secondary N) is 2.